The molecule has 0 saturated carbocycles. The predicted octanol–water partition coefficient (Wildman–Crippen LogP) is 0.687. The minimum Gasteiger partial charge on any atom is -0.475 e. The first-order chi connectivity index (χ1) is 7.58. The number of nitrogens with two attached hydrogens (primary N) is 1. The van der Waals surface area contributed by atoms with E-state index in [2.05, 4.69) is 10.1 Å². The molecule has 0 aliphatic heterocycles. The fourth-order valence-electron chi connectivity index (χ4n) is 1.21. The molecule has 0 saturated heterocycles. The Hall–Kier alpha value is -2.44. The molecule has 82 valence electrons. The average Bonchev–Trinajstić information content (AvgIpc) is 2.60. The van der Waals surface area contributed by atoms with Crippen LogP contribution >= 0.6 is 0 Å². The summed E-state index contributed by atoms with van der Waals surface area (Å²) in [7, 11) is 0. The lowest BCUT2D eigenvalue weighted by Crippen LogP contribution is -2.03. The normalized spacial score (nSPS) is 10.3. The lowest BCUT2D eigenvalue weighted by Gasteiger charge is -2.01. The van der Waals surface area contributed by atoms with Crippen LogP contribution in [0.15, 0.2) is 24.3 Å². The first-order valence-electron chi connectivity index (χ1n) is 4.29. The Morgan fingerprint density at radius 1 is 1.50 bits per heavy atom. The van der Waals surface area contributed by atoms with Crippen molar-refractivity contribution in [2.45, 2.75) is 0 Å². The Morgan fingerprint density at radius 2 is 2.25 bits per heavy atom. The van der Waals surface area contributed by atoms with E-state index in [1.54, 1.807) is 6.07 Å². The molecule has 16 heavy (non-hydrogen) atoms. The zero-order valence-corrected chi connectivity index (χ0v) is 7.96. The maximum atomic E-state index is 12.9. The number of hydrogen-bond acceptors (Lipinski definition) is 4. The van der Waals surface area contributed by atoms with Gasteiger partial charge < -0.3 is 10.8 Å². The zero-order valence-electron chi connectivity index (χ0n) is 7.96. The van der Waals surface area contributed by atoms with Gasteiger partial charge in [-0.1, -0.05) is 6.07 Å². The molecule has 0 atom stereocenters. The van der Waals surface area contributed by atoms with E-state index in [1.807, 2.05) is 0 Å². The molecule has 0 radical (unpaired) electrons. The highest BCUT2D eigenvalue weighted by Gasteiger charge is 2.14. The highest BCUT2D eigenvalue weighted by atomic mass is 19.1. The van der Waals surface area contributed by atoms with E-state index < -0.39 is 17.6 Å². The topological polar surface area (TPSA) is 94.0 Å². The first kappa shape index (κ1) is 10.1. The number of halogens is 1. The summed E-state index contributed by atoms with van der Waals surface area (Å²) in [6.45, 7) is 0. The minimum atomic E-state index is -1.29. The van der Waals surface area contributed by atoms with Crippen LogP contribution in [-0.4, -0.2) is 25.8 Å². The number of nitrogens with zero attached hydrogens (tertiary/aromatic N) is 3. The SMILES string of the molecule is Nc1nc(C(=O)O)nn1-c1cccc(F)c1. The largest absolute Gasteiger partial charge is 0.475 e. The van der Waals surface area contributed by atoms with E-state index in [1.165, 1.54) is 18.2 Å². The molecule has 7 heteroatoms. The van der Waals surface area contributed by atoms with Gasteiger partial charge in [0.25, 0.3) is 5.82 Å². The van der Waals surface area contributed by atoms with Crippen LogP contribution in [0.25, 0.3) is 5.69 Å². The van der Waals surface area contributed by atoms with Crippen molar-refractivity contribution >= 4 is 11.9 Å². The number of rotatable bonds is 2. The van der Waals surface area contributed by atoms with Gasteiger partial charge >= 0.3 is 5.97 Å². The van der Waals surface area contributed by atoms with E-state index in [-0.39, 0.29) is 5.95 Å². The third-order valence-electron chi connectivity index (χ3n) is 1.88. The average molecular weight is 222 g/mol. The number of carboxylic acids is 1. The zero-order chi connectivity index (χ0) is 11.7. The Labute approximate surface area is 89.1 Å². The summed E-state index contributed by atoms with van der Waals surface area (Å²) in [5, 5.41) is 12.3. The smallest absolute Gasteiger partial charge is 0.375 e. The second kappa shape index (κ2) is 3.61. The second-order valence-corrected chi connectivity index (χ2v) is 2.99. The van der Waals surface area contributed by atoms with Gasteiger partial charge in [0.2, 0.25) is 5.95 Å². The molecular weight excluding hydrogens is 215 g/mol. The van der Waals surface area contributed by atoms with Gasteiger partial charge in [-0.05, 0) is 18.2 Å². The van der Waals surface area contributed by atoms with E-state index in [9.17, 15) is 9.18 Å². The predicted molar refractivity (Wildman–Crippen MR) is 52.7 cm³/mol. The molecule has 1 heterocycles. The fourth-order valence-corrected chi connectivity index (χ4v) is 1.21. The number of aromatic nitrogens is 3. The van der Waals surface area contributed by atoms with Crippen LogP contribution in [-0.2, 0) is 0 Å². The number of hydrogen-bond donors (Lipinski definition) is 2. The minimum absolute atomic E-state index is 0.108. The third-order valence-corrected chi connectivity index (χ3v) is 1.88. The summed E-state index contributed by atoms with van der Waals surface area (Å²) in [5.41, 5.74) is 5.78. The molecule has 0 amide bonds. The van der Waals surface area contributed by atoms with Crippen molar-refractivity contribution in [3.63, 3.8) is 0 Å². The molecule has 2 rings (SSSR count). The van der Waals surface area contributed by atoms with Crippen molar-refractivity contribution in [3.05, 3.63) is 35.9 Å². The van der Waals surface area contributed by atoms with Crippen molar-refractivity contribution in [3.8, 4) is 5.69 Å². The van der Waals surface area contributed by atoms with Gasteiger partial charge in [0, 0.05) is 0 Å². The van der Waals surface area contributed by atoms with E-state index >= 15 is 0 Å². The molecule has 1 aromatic heterocycles. The highest BCUT2D eigenvalue weighted by molar-refractivity contribution is 5.83. The molecule has 0 unspecified atom stereocenters. The fraction of sp³-hybridized carbons (Fsp3) is 0. The Balaban J connectivity index is 2.52. The molecule has 0 aliphatic carbocycles. The summed E-state index contributed by atoms with van der Waals surface area (Å²) in [6, 6.07) is 5.44. The second-order valence-electron chi connectivity index (χ2n) is 2.99. The highest BCUT2D eigenvalue weighted by Crippen LogP contribution is 2.12. The van der Waals surface area contributed by atoms with Gasteiger partial charge in [-0.3, -0.25) is 0 Å². The van der Waals surface area contributed by atoms with Crippen LogP contribution in [0, 0.1) is 5.82 Å². The quantitative estimate of drug-likeness (QED) is 0.779. The van der Waals surface area contributed by atoms with Gasteiger partial charge in [0.1, 0.15) is 5.82 Å². The number of carbonyl (C=O) groups is 1. The standard InChI is InChI=1S/C9H7FN4O2/c10-5-2-1-3-6(4-5)14-9(11)12-7(13-14)8(15)16/h1-4H,(H,15,16)(H2,11,12,13). The Bertz CT molecular complexity index is 552. The van der Waals surface area contributed by atoms with E-state index in [0.717, 1.165) is 4.68 Å². The van der Waals surface area contributed by atoms with Crippen molar-refractivity contribution in [2.24, 2.45) is 0 Å². The molecule has 0 spiro atoms. The van der Waals surface area contributed by atoms with Gasteiger partial charge in [0.15, 0.2) is 0 Å². The van der Waals surface area contributed by atoms with Crippen molar-refractivity contribution in [2.75, 3.05) is 5.73 Å². The van der Waals surface area contributed by atoms with Crippen LogP contribution in [0.1, 0.15) is 10.6 Å². The molecular formula is C9H7FN4O2. The summed E-state index contributed by atoms with van der Waals surface area (Å²) >= 11 is 0. The third kappa shape index (κ3) is 1.70. The number of anilines is 1. The van der Waals surface area contributed by atoms with Crippen LogP contribution in [0.5, 0.6) is 0 Å². The van der Waals surface area contributed by atoms with E-state index in [0.29, 0.717) is 5.69 Å². The first-order valence-corrected chi connectivity index (χ1v) is 4.29. The van der Waals surface area contributed by atoms with Gasteiger partial charge in [-0.15, -0.1) is 5.10 Å². The molecule has 0 bridgehead atoms. The number of carboxylic acid groups (broad SMARTS) is 1. The van der Waals surface area contributed by atoms with Gasteiger partial charge in [-0.2, -0.15) is 9.67 Å². The van der Waals surface area contributed by atoms with Crippen LogP contribution < -0.4 is 5.73 Å². The summed E-state index contributed by atoms with van der Waals surface area (Å²) in [5.74, 6) is -2.30. The van der Waals surface area contributed by atoms with Crippen molar-refractivity contribution in [1.82, 2.24) is 14.8 Å². The number of nitrogen functional groups attached to an aromatic ring is 1. The van der Waals surface area contributed by atoms with E-state index in [4.69, 9.17) is 10.8 Å². The number of benzene rings is 1. The van der Waals surface area contributed by atoms with Crippen LogP contribution in [0.3, 0.4) is 0 Å². The van der Waals surface area contributed by atoms with Crippen molar-refractivity contribution in [1.29, 1.82) is 0 Å². The Kier molecular flexibility index (Phi) is 2.28. The summed E-state index contributed by atoms with van der Waals surface area (Å²) < 4.78 is 14.0. The summed E-state index contributed by atoms with van der Waals surface area (Å²) in [6.07, 6.45) is 0. The van der Waals surface area contributed by atoms with Crippen LogP contribution in [0.2, 0.25) is 0 Å². The Morgan fingerprint density at radius 3 is 2.81 bits per heavy atom. The molecule has 2 aromatic rings. The van der Waals surface area contributed by atoms with Crippen molar-refractivity contribution < 1.29 is 14.3 Å². The molecule has 0 aliphatic rings. The molecule has 1 aromatic carbocycles. The maximum absolute atomic E-state index is 12.9. The van der Waals surface area contributed by atoms with Gasteiger partial charge in [-0.25, -0.2) is 9.18 Å². The molecule has 3 N–H and O–H groups in total. The maximum Gasteiger partial charge on any atom is 0.375 e. The number of aromatic carboxylic acids is 1. The van der Waals surface area contributed by atoms with Gasteiger partial charge in [0.05, 0.1) is 5.69 Å². The monoisotopic (exact) mass is 222 g/mol. The molecule has 6 nitrogen and oxygen atoms in total. The lowest BCUT2D eigenvalue weighted by atomic mass is 10.3. The molecule has 0 fully saturated rings. The van der Waals surface area contributed by atoms with Crippen LogP contribution in [0.4, 0.5) is 10.3 Å². The lowest BCUT2D eigenvalue weighted by molar-refractivity contribution is 0.0683. The summed E-state index contributed by atoms with van der Waals surface area (Å²) in [4.78, 5) is 14.1.